The Balaban J connectivity index is 2.74. The second kappa shape index (κ2) is 5.49. The van der Waals surface area contributed by atoms with Crippen molar-refractivity contribution in [1.82, 2.24) is 0 Å². The molecule has 0 bridgehead atoms. The van der Waals surface area contributed by atoms with Gasteiger partial charge in [-0.15, -0.1) is 0 Å². The molecular formula is C15H25N. The SMILES string of the molecule is Cc1cc(C)c(CCC(N)C(C)C)c(C)c1. The molecule has 0 fully saturated rings. The average Bonchev–Trinajstić information content (AvgIpc) is 2.15. The summed E-state index contributed by atoms with van der Waals surface area (Å²) in [5.74, 6) is 0.575. The van der Waals surface area contributed by atoms with E-state index >= 15 is 0 Å². The third kappa shape index (κ3) is 3.34. The van der Waals surface area contributed by atoms with Gasteiger partial charge in [-0.3, -0.25) is 0 Å². The molecule has 0 aliphatic carbocycles. The number of nitrogens with two attached hydrogens (primary N) is 1. The molecule has 0 saturated heterocycles. The first-order valence-corrected chi connectivity index (χ1v) is 6.24. The molecule has 1 rings (SSSR count). The van der Waals surface area contributed by atoms with Crippen molar-refractivity contribution in [2.24, 2.45) is 11.7 Å². The smallest absolute Gasteiger partial charge is 0.00650 e. The van der Waals surface area contributed by atoms with Gasteiger partial charge in [-0.25, -0.2) is 0 Å². The van der Waals surface area contributed by atoms with Crippen molar-refractivity contribution in [1.29, 1.82) is 0 Å². The highest BCUT2D eigenvalue weighted by Crippen LogP contribution is 2.19. The van der Waals surface area contributed by atoms with Gasteiger partial charge in [-0.05, 0) is 56.2 Å². The Morgan fingerprint density at radius 1 is 1.06 bits per heavy atom. The standard InChI is InChI=1S/C15H25N/c1-10(2)15(16)7-6-14-12(4)8-11(3)9-13(14)5/h8-10,15H,6-7,16H2,1-5H3. The van der Waals surface area contributed by atoms with Crippen LogP contribution >= 0.6 is 0 Å². The fourth-order valence-electron chi connectivity index (χ4n) is 2.25. The van der Waals surface area contributed by atoms with Gasteiger partial charge in [0.25, 0.3) is 0 Å². The van der Waals surface area contributed by atoms with Crippen molar-refractivity contribution in [3.8, 4) is 0 Å². The number of hydrogen-bond acceptors (Lipinski definition) is 1. The molecule has 1 unspecified atom stereocenters. The van der Waals surface area contributed by atoms with Crippen LogP contribution in [0.25, 0.3) is 0 Å². The Kier molecular flexibility index (Phi) is 4.55. The lowest BCUT2D eigenvalue weighted by Crippen LogP contribution is -2.27. The van der Waals surface area contributed by atoms with E-state index in [0.29, 0.717) is 12.0 Å². The van der Waals surface area contributed by atoms with E-state index in [1.807, 2.05) is 0 Å². The summed E-state index contributed by atoms with van der Waals surface area (Å²) in [6.07, 6.45) is 2.19. The molecule has 90 valence electrons. The van der Waals surface area contributed by atoms with Crippen LogP contribution in [0.3, 0.4) is 0 Å². The number of hydrogen-bond donors (Lipinski definition) is 1. The maximum absolute atomic E-state index is 6.09. The molecule has 1 aromatic rings. The molecular weight excluding hydrogens is 194 g/mol. The summed E-state index contributed by atoms with van der Waals surface area (Å²) in [4.78, 5) is 0. The molecule has 0 spiro atoms. The topological polar surface area (TPSA) is 26.0 Å². The monoisotopic (exact) mass is 219 g/mol. The van der Waals surface area contributed by atoms with E-state index in [4.69, 9.17) is 5.73 Å². The lowest BCUT2D eigenvalue weighted by molar-refractivity contribution is 0.464. The van der Waals surface area contributed by atoms with E-state index < -0.39 is 0 Å². The van der Waals surface area contributed by atoms with Gasteiger partial charge in [-0.1, -0.05) is 31.5 Å². The molecule has 0 aliphatic rings. The van der Waals surface area contributed by atoms with Crippen molar-refractivity contribution >= 4 is 0 Å². The molecule has 1 atom stereocenters. The highest BCUT2D eigenvalue weighted by Gasteiger charge is 2.10. The molecule has 0 amide bonds. The fraction of sp³-hybridized carbons (Fsp3) is 0.600. The summed E-state index contributed by atoms with van der Waals surface area (Å²) in [7, 11) is 0. The zero-order valence-electron chi connectivity index (χ0n) is 11.3. The number of benzene rings is 1. The molecule has 1 nitrogen and oxygen atoms in total. The minimum Gasteiger partial charge on any atom is -0.327 e. The van der Waals surface area contributed by atoms with E-state index in [1.54, 1.807) is 0 Å². The van der Waals surface area contributed by atoms with Gasteiger partial charge in [0, 0.05) is 6.04 Å². The minimum absolute atomic E-state index is 0.320. The summed E-state index contributed by atoms with van der Waals surface area (Å²) in [6, 6.07) is 4.85. The van der Waals surface area contributed by atoms with Crippen molar-refractivity contribution in [2.45, 2.75) is 53.5 Å². The largest absolute Gasteiger partial charge is 0.327 e. The van der Waals surface area contributed by atoms with Crippen LogP contribution in [0.4, 0.5) is 0 Å². The van der Waals surface area contributed by atoms with Crippen LogP contribution in [-0.4, -0.2) is 6.04 Å². The summed E-state index contributed by atoms with van der Waals surface area (Å²) < 4.78 is 0. The molecule has 1 heteroatoms. The van der Waals surface area contributed by atoms with E-state index in [-0.39, 0.29) is 0 Å². The van der Waals surface area contributed by atoms with E-state index in [9.17, 15) is 0 Å². The van der Waals surface area contributed by atoms with Gasteiger partial charge in [0.1, 0.15) is 0 Å². The first kappa shape index (κ1) is 13.2. The fourth-order valence-corrected chi connectivity index (χ4v) is 2.25. The van der Waals surface area contributed by atoms with Crippen LogP contribution in [0.5, 0.6) is 0 Å². The Hall–Kier alpha value is -0.820. The van der Waals surface area contributed by atoms with Crippen LogP contribution in [-0.2, 0) is 6.42 Å². The van der Waals surface area contributed by atoms with E-state index in [1.165, 1.54) is 22.3 Å². The first-order chi connectivity index (χ1) is 7.41. The molecule has 0 aliphatic heterocycles. The minimum atomic E-state index is 0.320. The Morgan fingerprint density at radius 2 is 1.56 bits per heavy atom. The van der Waals surface area contributed by atoms with Gasteiger partial charge in [0.15, 0.2) is 0 Å². The average molecular weight is 219 g/mol. The third-order valence-electron chi connectivity index (χ3n) is 3.42. The quantitative estimate of drug-likeness (QED) is 0.823. The highest BCUT2D eigenvalue weighted by atomic mass is 14.6. The van der Waals surface area contributed by atoms with Gasteiger partial charge >= 0.3 is 0 Å². The summed E-state index contributed by atoms with van der Waals surface area (Å²) >= 11 is 0. The molecule has 1 aromatic carbocycles. The maximum atomic E-state index is 6.09. The maximum Gasteiger partial charge on any atom is 0.00650 e. The van der Waals surface area contributed by atoms with Gasteiger partial charge in [-0.2, -0.15) is 0 Å². The van der Waals surface area contributed by atoms with E-state index in [2.05, 4.69) is 46.8 Å². The molecule has 0 saturated carbocycles. The van der Waals surface area contributed by atoms with Gasteiger partial charge < -0.3 is 5.73 Å². The Bertz CT molecular complexity index is 329. The first-order valence-electron chi connectivity index (χ1n) is 6.24. The van der Waals surface area contributed by atoms with Crippen LogP contribution in [0.15, 0.2) is 12.1 Å². The molecule has 16 heavy (non-hydrogen) atoms. The predicted molar refractivity (Wildman–Crippen MR) is 71.8 cm³/mol. The van der Waals surface area contributed by atoms with Crippen LogP contribution in [0.1, 0.15) is 42.5 Å². The number of aryl methyl sites for hydroxylation is 3. The predicted octanol–water partition coefficient (Wildman–Crippen LogP) is 3.53. The normalized spacial score (nSPS) is 13.2. The number of rotatable bonds is 4. The van der Waals surface area contributed by atoms with Crippen LogP contribution < -0.4 is 5.73 Å². The van der Waals surface area contributed by atoms with Crippen molar-refractivity contribution < 1.29 is 0 Å². The summed E-state index contributed by atoms with van der Waals surface area (Å²) in [5.41, 5.74) is 11.8. The second-order valence-electron chi connectivity index (χ2n) is 5.32. The molecule has 0 aromatic heterocycles. The third-order valence-corrected chi connectivity index (χ3v) is 3.42. The Morgan fingerprint density at radius 3 is 2.00 bits per heavy atom. The van der Waals surface area contributed by atoms with Gasteiger partial charge in [0.2, 0.25) is 0 Å². The van der Waals surface area contributed by atoms with Gasteiger partial charge in [0.05, 0.1) is 0 Å². The lowest BCUT2D eigenvalue weighted by Gasteiger charge is -2.17. The molecule has 0 heterocycles. The zero-order chi connectivity index (χ0) is 12.3. The summed E-state index contributed by atoms with van der Waals surface area (Å²) in [6.45, 7) is 11.0. The second-order valence-corrected chi connectivity index (χ2v) is 5.32. The van der Waals surface area contributed by atoms with Crippen LogP contribution in [0, 0.1) is 26.7 Å². The zero-order valence-corrected chi connectivity index (χ0v) is 11.3. The van der Waals surface area contributed by atoms with Crippen molar-refractivity contribution in [3.63, 3.8) is 0 Å². The van der Waals surface area contributed by atoms with Crippen molar-refractivity contribution in [3.05, 3.63) is 34.4 Å². The summed E-state index contributed by atoms with van der Waals surface area (Å²) in [5, 5.41) is 0. The Labute approximate surface area is 100 Å². The van der Waals surface area contributed by atoms with E-state index in [0.717, 1.165) is 12.8 Å². The molecule has 0 radical (unpaired) electrons. The van der Waals surface area contributed by atoms with Crippen molar-refractivity contribution in [2.75, 3.05) is 0 Å². The lowest BCUT2D eigenvalue weighted by atomic mass is 9.92. The molecule has 2 N–H and O–H groups in total. The highest BCUT2D eigenvalue weighted by molar-refractivity contribution is 5.37. The van der Waals surface area contributed by atoms with Crippen LogP contribution in [0.2, 0.25) is 0 Å².